The Kier molecular flexibility index (Phi) is 7.22. The lowest BCUT2D eigenvalue weighted by atomic mass is 9.87. The molecule has 220 valence electrons. The third-order valence-corrected chi connectivity index (χ3v) is 10.6. The van der Waals surface area contributed by atoms with E-state index < -0.39 is 62.9 Å². The fourth-order valence-electron chi connectivity index (χ4n) is 5.13. The third-order valence-electron chi connectivity index (χ3n) is 6.99. The topological polar surface area (TPSA) is 132 Å². The zero-order valence-corrected chi connectivity index (χ0v) is 23.9. The van der Waals surface area contributed by atoms with Crippen LogP contribution in [-0.2, 0) is 27.1 Å². The lowest BCUT2D eigenvalue weighted by Crippen LogP contribution is -2.32. The monoisotopic (exact) mass is 646 g/mol. The summed E-state index contributed by atoms with van der Waals surface area (Å²) in [5, 5.41) is 14.6. The molecular weight excluding hydrogens is 630 g/mol. The Morgan fingerprint density at radius 3 is 2.42 bits per heavy atom. The normalized spacial score (nSPS) is 19.7. The molecule has 1 saturated heterocycles. The van der Waals surface area contributed by atoms with Crippen molar-refractivity contribution in [2.24, 2.45) is 5.92 Å². The highest BCUT2D eigenvalue weighted by Crippen LogP contribution is 2.54. The zero-order valence-electron chi connectivity index (χ0n) is 21.4. The second-order valence-electron chi connectivity index (χ2n) is 9.59. The number of carbonyl (C=O) groups excluding carboxylic acids is 3. The number of alkyl halides is 3. The van der Waals surface area contributed by atoms with Crippen LogP contribution in [0.15, 0.2) is 75.9 Å². The van der Waals surface area contributed by atoms with Crippen molar-refractivity contribution in [2.45, 2.75) is 28.9 Å². The molecule has 0 saturated carbocycles. The number of thiazole rings is 1. The van der Waals surface area contributed by atoms with E-state index in [1.807, 2.05) is 0 Å². The number of imide groups is 1. The highest BCUT2D eigenvalue weighted by molar-refractivity contribution is 8.00. The SMILES string of the molecule is O=C(Cn1c2c(sc1=O)[C@@H](c1cccs1)C1C(=O)N(c3ccc([N+](=O)[O-])cc3)C(=O)C1S2)Nc1cccc(C(F)(F)F)c1. The Morgan fingerprint density at radius 2 is 1.77 bits per heavy atom. The van der Waals surface area contributed by atoms with Crippen LogP contribution < -0.4 is 15.1 Å². The Balaban J connectivity index is 1.34. The van der Waals surface area contributed by atoms with Crippen molar-refractivity contribution in [1.82, 2.24) is 4.57 Å². The summed E-state index contributed by atoms with van der Waals surface area (Å²) in [7, 11) is 0. The Hall–Kier alpha value is -4.28. The van der Waals surface area contributed by atoms with Gasteiger partial charge in [0, 0.05) is 33.5 Å². The van der Waals surface area contributed by atoms with Gasteiger partial charge in [0.25, 0.3) is 5.69 Å². The van der Waals surface area contributed by atoms with Crippen LogP contribution >= 0.6 is 34.4 Å². The van der Waals surface area contributed by atoms with Gasteiger partial charge in [-0.25, -0.2) is 4.90 Å². The Labute approximate surface area is 251 Å². The third kappa shape index (κ3) is 5.14. The van der Waals surface area contributed by atoms with E-state index in [1.165, 1.54) is 41.7 Å². The van der Waals surface area contributed by atoms with Gasteiger partial charge in [0.2, 0.25) is 17.7 Å². The maximum Gasteiger partial charge on any atom is 0.416 e. The van der Waals surface area contributed by atoms with E-state index in [1.54, 1.807) is 17.5 Å². The highest BCUT2D eigenvalue weighted by Gasteiger charge is 2.57. The summed E-state index contributed by atoms with van der Waals surface area (Å²) >= 11 is 3.16. The smallest absolute Gasteiger partial charge is 0.325 e. The van der Waals surface area contributed by atoms with E-state index in [0.29, 0.717) is 9.90 Å². The predicted octanol–water partition coefficient (Wildman–Crippen LogP) is 5.33. The molecule has 2 aromatic heterocycles. The zero-order chi connectivity index (χ0) is 30.6. The Bertz CT molecular complexity index is 1840. The molecule has 16 heteroatoms. The number of halogens is 3. The molecule has 2 aromatic carbocycles. The number of hydrogen-bond donors (Lipinski definition) is 1. The largest absolute Gasteiger partial charge is 0.416 e. The van der Waals surface area contributed by atoms with Crippen LogP contribution in [0.25, 0.3) is 0 Å². The number of nitrogens with one attached hydrogen (secondary N) is 1. The number of aromatic nitrogens is 1. The van der Waals surface area contributed by atoms with Crippen LogP contribution in [0.3, 0.4) is 0 Å². The number of amides is 3. The maximum atomic E-state index is 13.8. The van der Waals surface area contributed by atoms with Crippen molar-refractivity contribution >= 4 is 69.2 Å². The van der Waals surface area contributed by atoms with E-state index >= 15 is 0 Å². The molecule has 1 fully saturated rings. The first-order valence-electron chi connectivity index (χ1n) is 12.5. The lowest BCUT2D eigenvalue weighted by molar-refractivity contribution is -0.384. The van der Waals surface area contributed by atoms with Gasteiger partial charge in [0.05, 0.1) is 27.1 Å². The van der Waals surface area contributed by atoms with E-state index in [0.717, 1.165) is 55.6 Å². The van der Waals surface area contributed by atoms with Crippen molar-refractivity contribution in [2.75, 3.05) is 10.2 Å². The second-order valence-corrected chi connectivity index (χ2v) is 12.7. The molecule has 6 rings (SSSR count). The number of nitro benzene ring substituents is 1. The fourth-order valence-corrected chi connectivity index (χ4v) is 8.85. The first-order valence-corrected chi connectivity index (χ1v) is 15.0. The summed E-state index contributed by atoms with van der Waals surface area (Å²) in [4.78, 5) is 65.7. The van der Waals surface area contributed by atoms with Gasteiger partial charge in [-0.2, -0.15) is 13.2 Å². The predicted molar refractivity (Wildman–Crippen MR) is 154 cm³/mol. The molecule has 0 aliphatic carbocycles. The molecule has 2 unspecified atom stereocenters. The molecule has 2 aliphatic heterocycles. The van der Waals surface area contributed by atoms with Gasteiger partial charge in [-0.15, -0.1) is 11.3 Å². The second kappa shape index (κ2) is 10.8. The van der Waals surface area contributed by atoms with E-state index in [2.05, 4.69) is 5.32 Å². The van der Waals surface area contributed by atoms with Crippen molar-refractivity contribution < 1.29 is 32.5 Å². The summed E-state index contributed by atoms with van der Waals surface area (Å²) in [6.07, 6.45) is -4.61. The quantitative estimate of drug-likeness (QED) is 0.170. The number of carbonyl (C=O) groups is 3. The number of rotatable bonds is 6. The van der Waals surface area contributed by atoms with E-state index in [-0.39, 0.29) is 17.1 Å². The van der Waals surface area contributed by atoms with Gasteiger partial charge in [0.1, 0.15) is 11.8 Å². The Morgan fingerprint density at radius 1 is 1.02 bits per heavy atom. The molecule has 0 bridgehead atoms. The van der Waals surface area contributed by atoms with Crippen LogP contribution in [0.1, 0.15) is 21.2 Å². The average molecular weight is 647 g/mol. The van der Waals surface area contributed by atoms with Crippen molar-refractivity contribution in [3.63, 3.8) is 0 Å². The van der Waals surface area contributed by atoms with Crippen LogP contribution in [0.5, 0.6) is 0 Å². The van der Waals surface area contributed by atoms with E-state index in [9.17, 15) is 42.5 Å². The number of nitrogens with zero attached hydrogens (tertiary/aromatic N) is 3. The summed E-state index contributed by atoms with van der Waals surface area (Å²) in [6.45, 7) is -0.531. The van der Waals surface area contributed by atoms with Crippen LogP contribution in [0.2, 0.25) is 0 Å². The number of thioether (sulfide) groups is 1. The van der Waals surface area contributed by atoms with Crippen molar-refractivity contribution in [3.05, 3.63) is 101 Å². The van der Waals surface area contributed by atoms with Gasteiger partial charge in [-0.3, -0.25) is 33.9 Å². The number of non-ortho nitro benzene ring substituents is 1. The molecule has 0 radical (unpaired) electrons. The van der Waals surface area contributed by atoms with Crippen molar-refractivity contribution in [3.8, 4) is 0 Å². The standard InChI is InChI=1S/C27H17F3N4O6S3/c28-27(29,30)13-3-1-4-14(11-13)31-18(35)12-32-25-22(43-26(32)38)19(17-5-2-10-41-17)20-21(42-25)24(37)33(23(20)36)15-6-8-16(9-7-15)34(39)40/h1-11,19-21H,12H2,(H,31,35)/t19-,20?,21?/m0/s1. The first-order chi connectivity index (χ1) is 20.4. The minimum atomic E-state index is -4.61. The van der Waals surface area contributed by atoms with Gasteiger partial charge < -0.3 is 5.32 Å². The minimum Gasteiger partial charge on any atom is -0.325 e. The number of benzene rings is 2. The first kappa shape index (κ1) is 28.8. The van der Waals surface area contributed by atoms with Gasteiger partial charge in [0.15, 0.2) is 0 Å². The molecule has 43 heavy (non-hydrogen) atoms. The molecule has 2 aliphatic rings. The minimum absolute atomic E-state index is 0.101. The summed E-state index contributed by atoms with van der Waals surface area (Å²) in [5.74, 6) is -3.40. The number of anilines is 2. The molecule has 10 nitrogen and oxygen atoms in total. The van der Waals surface area contributed by atoms with Crippen molar-refractivity contribution in [1.29, 1.82) is 0 Å². The molecule has 3 amide bonds. The molecular formula is C27H17F3N4O6S3. The summed E-state index contributed by atoms with van der Waals surface area (Å²) in [5.41, 5.74) is -1.09. The van der Waals surface area contributed by atoms with E-state index in [4.69, 9.17) is 0 Å². The molecule has 3 atom stereocenters. The van der Waals surface area contributed by atoms with Gasteiger partial charge in [-0.05, 0) is 41.8 Å². The number of nitro groups is 1. The van der Waals surface area contributed by atoms with Gasteiger partial charge >= 0.3 is 11.0 Å². The molecule has 4 aromatic rings. The van der Waals surface area contributed by atoms with Gasteiger partial charge in [-0.1, -0.05) is 35.2 Å². The molecule has 0 spiro atoms. The number of fused-ring (bicyclic) bond motifs is 2. The lowest BCUT2D eigenvalue weighted by Gasteiger charge is -2.29. The van der Waals surface area contributed by atoms with Crippen LogP contribution in [0.4, 0.5) is 30.2 Å². The molecule has 4 heterocycles. The maximum absolute atomic E-state index is 13.8. The summed E-state index contributed by atoms with van der Waals surface area (Å²) < 4.78 is 40.5. The van der Waals surface area contributed by atoms with Crippen LogP contribution in [-0.4, -0.2) is 32.5 Å². The number of hydrogen-bond acceptors (Lipinski definition) is 9. The molecule has 1 N–H and O–H groups in total. The fraction of sp³-hybridized carbons (Fsp3) is 0.185. The van der Waals surface area contributed by atoms with Crippen LogP contribution in [0, 0.1) is 16.0 Å². The number of thiophene rings is 1. The average Bonchev–Trinajstić information content (AvgIpc) is 3.66. The summed E-state index contributed by atoms with van der Waals surface area (Å²) in [6, 6.07) is 12.7. The highest BCUT2D eigenvalue weighted by atomic mass is 32.2.